The van der Waals surface area contributed by atoms with Crippen LogP contribution in [-0.4, -0.2) is 135 Å². The van der Waals surface area contributed by atoms with Gasteiger partial charge >= 0.3 is 26.8 Å². The molecule has 216 valence electrons. The molecule has 6 N–H and O–H groups in total. The van der Waals surface area contributed by atoms with Crippen molar-refractivity contribution in [3.8, 4) is 0 Å². The molecule has 2 saturated heterocycles. The highest BCUT2D eigenvalue weighted by Crippen LogP contribution is 2.32. The van der Waals surface area contributed by atoms with Gasteiger partial charge in [-0.15, -0.1) is 0 Å². The average molecular weight is 586 g/mol. The van der Waals surface area contributed by atoms with E-state index in [4.69, 9.17) is 32.8 Å². The second-order valence-electron chi connectivity index (χ2n) is 7.75. The minimum atomic E-state index is -5.32. The molecule has 2 heterocycles. The zero-order valence-electron chi connectivity index (χ0n) is 19.3. The lowest BCUT2D eigenvalue weighted by Gasteiger charge is -2.47. The third-order valence-corrected chi connectivity index (χ3v) is 6.12. The van der Waals surface area contributed by atoms with Gasteiger partial charge in [0, 0.05) is 21.1 Å². The Labute approximate surface area is 210 Å². The number of carboxylic acids is 1. The zero-order chi connectivity index (χ0) is 28.3. The predicted molar refractivity (Wildman–Crippen MR) is 111 cm³/mol. The van der Waals surface area contributed by atoms with Gasteiger partial charge in [-0.05, 0) is 0 Å². The highest BCUT2D eigenvalue weighted by molar-refractivity contribution is 7.81. The first-order valence-electron chi connectivity index (χ1n) is 10.1. The Morgan fingerprint density at radius 3 is 1.97 bits per heavy atom. The molecule has 0 aliphatic carbocycles. The lowest BCUT2D eigenvalue weighted by atomic mass is 9.95. The third-order valence-electron chi connectivity index (χ3n) is 5.22. The van der Waals surface area contributed by atoms with E-state index < -0.39 is 101 Å². The van der Waals surface area contributed by atoms with Crippen LogP contribution in [0, 0.1) is 0 Å². The minimum absolute atomic E-state index is 0.720. The number of aliphatic hydroxyl groups excluding tert-OH is 2. The number of carboxylic acid groups (broad SMARTS) is 1. The Kier molecular flexibility index (Phi) is 10.7. The lowest BCUT2D eigenvalue weighted by molar-refractivity contribution is -0.336. The largest absolute Gasteiger partial charge is 0.479 e. The molecule has 2 aliphatic heterocycles. The molecule has 0 aromatic carbocycles. The van der Waals surface area contributed by atoms with E-state index in [9.17, 15) is 41.7 Å². The first-order valence-corrected chi connectivity index (χ1v) is 12.9. The number of methoxy groups -OCH3 is 2. The van der Waals surface area contributed by atoms with Crippen molar-refractivity contribution in [2.45, 2.75) is 68.3 Å². The van der Waals surface area contributed by atoms with Crippen LogP contribution in [0.5, 0.6) is 0 Å². The van der Waals surface area contributed by atoms with E-state index >= 15 is 0 Å². The van der Waals surface area contributed by atoms with E-state index in [0.29, 0.717) is 0 Å². The smallest absolute Gasteiger partial charge is 0.397 e. The summed E-state index contributed by atoms with van der Waals surface area (Å²) in [5.41, 5.74) is 0. The summed E-state index contributed by atoms with van der Waals surface area (Å²) >= 11 is 0. The summed E-state index contributed by atoms with van der Waals surface area (Å²) in [5.74, 6) is -2.41. The number of hydrogen-bond donors (Lipinski definition) is 6. The van der Waals surface area contributed by atoms with Crippen LogP contribution in [-0.2, 0) is 62.4 Å². The monoisotopic (exact) mass is 585 g/mol. The average Bonchev–Trinajstić information content (AvgIpc) is 2.75. The molecule has 37 heavy (non-hydrogen) atoms. The van der Waals surface area contributed by atoms with Gasteiger partial charge in [0.15, 0.2) is 24.8 Å². The molecule has 0 saturated carbocycles. The first-order chi connectivity index (χ1) is 17.0. The fraction of sp³-hybridized carbons (Fsp3) is 0.875. The van der Waals surface area contributed by atoms with E-state index in [1.54, 1.807) is 0 Å². The van der Waals surface area contributed by atoms with Crippen LogP contribution in [0.4, 0.5) is 0 Å². The topological polar surface area (TPSA) is 280 Å². The second kappa shape index (κ2) is 12.5. The van der Waals surface area contributed by atoms with E-state index in [1.807, 2.05) is 0 Å². The number of aliphatic hydroxyl groups is 2. The Bertz CT molecular complexity index is 1020. The van der Waals surface area contributed by atoms with Crippen LogP contribution < -0.4 is 5.32 Å². The summed E-state index contributed by atoms with van der Waals surface area (Å²) in [6.45, 7) is 0.0492. The number of hydrogen-bond acceptors (Lipinski definition) is 15. The highest BCUT2D eigenvalue weighted by atomic mass is 32.3. The standard InChI is InChI=1S/C16H27NO18S2/c1-5(18)17-7-10(8(19)6(32-15(7)30-3)4-31-36(23,24)25)33-16-12(35-37(26,27)28)9(20)11(29-2)13(34-16)14(21)22/h6-13,15-16,19-20H,4H2,1-3H3,(H,17,18)(H,21,22)(H,23,24,25)(H,26,27,28)/t6?,7?,8-,9-,10+,11-,12?,13?,15+,16+/m0/s1. The lowest BCUT2D eigenvalue weighted by Crippen LogP contribution is -2.68. The van der Waals surface area contributed by atoms with Gasteiger partial charge in [0.05, 0.1) is 6.61 Å². The Hall–Kier alpha value is -1.60. The van der Waals surface area contributed by atoms with Crippen LogP contribution in [0.25, 0.3) is 0 Å². The molecule has 0 spiro atoms. The molecule has 0 radical (unpaired) electrons. The van der Waals surface area contributed by atoms with Crippen LogP contribution in [0.1, 0.15) is 6.92 Å². The van der Waals surface area contributed by atoms with E-state index in [2.05, 4.69) is 13.7 Å². The van der Waals surface area contributed by atoms with Crippen molar-refractivity contribution in [1.29, 1.82) is 0 Å². The Morgan fingerprint density at radius 2 is 1.51 bits per heavy atom. The molecule has 2 rings (SSSR count). The van der Waals surface area contributed by atoms with E-state index in [0.717, 1.165) is 21.1 Å². The number of aliphatic carboxylic acids is 1. The van der Waals surface area contributed by atoms with Crippen molar-refractivity contribution in [2.24, 2.45) is 0 Å². The number of nitrogens with one attached hydrogen (secondary N) is 1. The third kappa shape index (κ3) is 8.44. The molecule has 1 amide bonds. The first kappa shape index (κ1) is 31.6. The van der Waals surface area contributed by atoms with Gasteiger partial charge in [-0.3, -0.25) is 13.9 Å². The van der Waals surface area contributed by atoms with Gasteiger partial charge in [0.2, 0.25) is 5.91 Å². The fourth-order valence-electron chi connectivity index (χ4n) is 3.75. The van der Waals surface area contributed by atoms with Crippen LogP contribution in [0.15, 0.2) is 0 Å². The maximum absolute atomic E-state index is 11.8. The molecule has 2 aliphatic rings. The van der Waals surface area contributed by atoms with E-state index in [1.165, 1.54) is 0 Å². The molecular weight excluding hydrogens is 558 g/mol. The van der Waals surface area contributed by atoms with Crippen LogP contribution >= 0.6 is 0 Å². The predicted octanol–water partition coefficient (Wildman–Crippen LogP) is -4.20. The maximum atomic E-state index is 11.8. The molecule has 0 aromatic heterocycles. The summed E-state index contributed by atoms with van der Waals surface area (Å²) < 4.78 is 97.5. The second-order valence-corrected chi connectivity index (χ2v) is 9.89. The molecule has 21 heteroatoms. The van der Waals surface area contributed by atoms with Crippen LogP contribution in [0.3, 0.4) is 0 Å². The van der Waals surface area contributed by atoms with Crippen molar-refractivity contribution < 1.29 is 82.9 Å². The molecule has 4 unspecified atom stereocenters. The number of carbonyl (C=O) groups is 2. The zero-order valence-corrected chi connectivity index (χ0v) is 21.0. The van der Waals surface area contributed by atoms with Crippen molar-refractivity contribution in [1.82, 2.24) is 5.32 Å². The summed E-state index contributed by atoms with van der Waals surface area (Å²) in [4.78, 5) is 23.5. The summed E-state index contributed by atoms with van der Waals surface area (Å²) in [6, 6.07) is -1.45. The highest BCUT2D eigenvalue weighted by Gasteiger charge is 2.55. The number of amides is 1. The number of carbonyl (C=O) groups excluding carboxylic acids is 1. The van der Waals surface area contributed by atoms with Gasteiger partial charge in [-0.25, -0.2) is 13.2 Å². The molecule has 19 nitrogen and oxygen atoms in total. The molecule has 2 fully saturated rings. The van der Waals surface area contributed by atoms with Gasteiger partial charge in [-0.2, -0.15) is 16.8 Å². The maximum Gasteiger partial charge on any atom is 0.397 e. The molecular formula is C16H27NO18S2. The van der Waals surface area contributed by atoms with Crippen molar-refractivity contribution in [2.75, 3.05) is 20.8 Å². The van der Waals surface area contributed by atoms with Gasteiger partial charge in [-0.1, -0.05) is 0 Å². The van der Waals surface area contributed by atoms with Crippen molar-refractivity contribution in [3.05, 3.63) is 0 Å². The van der Waals surface area contributed by atoms with Gasteiger partial charge in [0.25, 0.3) is 0 Å². The quantitative estimate of drug-likeness (QED) is 0.125. The van der Waals surface area contributed by atoms with Gasteiger partial charge < -0.3 is 44.3 Å². The SMILES string of the molecule is CO[C@@H]1OC(COS(=O)(=O)O)[C@H](O)[C@H](O[C@@H]2OC(C(=O)O)[C@@H](OC)[C@H](O)C2OS(=O)(=O)O)C1NC(C)=O. The van der Waals surface area contributed by atoms with Crippen LogP contribution in [0.2, 0.25) is 0 Å². The summed E-state index contributed by atoms with van der Waals surface area (Å²) in [7, 11) is -8.26. The van der Waals surface area contributed by atoms with Gasteiger partial charge in [0.1, 0.15) is 36.6 Å². The number of ether oxygens (including phenoxy) is 5. The van der Waals surface area contributed by atoms with Crippen molar-refractivity contribution in [3.63, 3.8) is 0 Å². The molecule has 0 aromatic rings. The van der Waals surface area contributed by atoms with E-state index in [-0.39, 0.29) is 0 Å². The molecule has 10 atom stereocenters. The Balaban J connectivity index is 2.48. The number of rotatable bonds is 11. The summed E-state index contributed by atoms with van der Waals surface area (Å²) in [5, 5.41) is 33.2. The Morgan fingerprint density at radius 1 is 0.892 bits per heavy atom. The van der Waals surface area contributed by atoms with Crippen molar-refractivity contribution >= 4 is 32.7 Å². The fourth-order valence-corrected chi connectivity index (χ4v) is 4.55. The normalized spacial score (nSPS) is 37.2. The molecule has 0 bridgehead atoms. The minimum Gasteiger partial charge on any atom is -0.479 e. The summed E-state index contributed by atoms with van der Waals surface area (Å²) in [6.07, 6.45) is -17.1.